The number of allylic oxidation sites excluding steroid dienone is 2. The van der Waals surface area contributed by atoms with Crippen molar-refractivity contribution in [3.05, 3.63) is 23.2 Å². The molecule has 0 aliphatic heterocycles. The van der Waals surface area contributed by atoms with Crippen LogP contribution in [0.4, 0.5) is 0 Å². The van der Waals surface area contributed by atoms with Crippen LogP contribution < -0.4 is 0 Å². The highest BCUT2D eigenvalue weighted by Crippen LogP contribution is 2.29. The Bertz CT molecular complexity index is 266. The lowest BCUT2D eigenvalue weighted by Gasteiger charge is -1.91. The third-order valence-corrected chi connectivity index (χ3v) is 2.74. The molecular formula is C8H8ClNS. The maximum absolute atomic E-state index is 5.92. The van der Waals surface area contributed by atoms with Crippen molar-refractivity contribution < 1.29 is 0 Å². The fourth-order valence-corrected chi connectivity index (χ4v) is 2.07. The van der Waals surface area contributed by atoms with Crippen molar-refractivity contribution in [3.8, 4) is 0 Å². The number of rotatable bonds is 1. The molecule has 3 heteroatoms. The second-order valence-electron chi connectivity index (χ2n) is 2.63. The van der Waals surface area contributed by atoms with Gasteiger partial charge in [-0.1, -0.05) is 6.08 Å². The van der Waals surface area contributed by atoms with Gasteiger partial charge in [0, 0.05) is 5.38 Å². The molecule has 0 spiro atoms. The van der Waals surface area contributed by atoms with Crippen LogP contribution in [0, 0.1) is 0 Å². The summed E-state index contributed by atoms with van der Waals surface area (Å²) in [7, 11) is 0. The number of hydrogen-bond donors (Lipinski definition) is 0. The second kappa shape index (κ2) is 2.95. The molecule has 0 fully saturated rings. The van der Waals surface area contributed by atoms with Gasteiger partial charge in [-0.25, -0.2) is 0 Å². The van der Waals surface area contributed by atoms with E-state index in [0.717, 1.165) is 18.5 Å². The number of halogens is 1. The summed E-state index contributed by atoms with van der Waals surface area (Å²) in [6.45, 7) is 0. The van der Waals surface area contributed by atoms with Crippen LogP contribution in [0.2, 0.25) is 0 Å². The highest BCUT2D eigenvalue weighted by molar-refractivity contribution is 7.03. The quantitative estimate of drug-likeness (QED) is 0.614. The van der Waals surface area contributed by atoms with Crippen LogP contribution in [-0.4, -0.2) is 9.75 Å². The summed E-state index contributed by atoms with van der Waals surface area (Å²) in [6, 6.07) is 2.05. The van der Waals surface area contributed by atoms with Crippen LogP contribution in [0.5, 0.6) is 0 Å². The second-order valence-corrected chi connectivity index (χ2v) is 3.86. The molecule has 0 bridgehead atoms. The van der Waals surface area contributed by atoms with Crippen LogP contribution in [0.25, 0.3) is 5.57 Å². The molecule has 1 aromatic heterocycles. The lowest BCUT2D eigenvalue weighted by molar-refractivity contribution is 0.940. The maximum Gasteiger partial charge on any atom is 0.0797 e. The van der Waals surface area contributed by atoms with Gasteiger partial charge in [-0.15, -0.1) is 11.6 Å². The first-order chi connectivity index (χ1) is 5.36. The third kappa shape index (κ3) is 1.47. The average molecular weight is 186 g/mol. The van der Waals surface area contributed by atoms with E-state index >= 15 is 0 Å². The predicted octanol–water partition coefficient (Wildman–Crippen LogP) is 2.93. The minimum absolute atomic E-state index is 0.228. The highest BCUT2D eigenvalue weighted by Gasteiger charge is 2.15. The van der Waals surface area contributed by atoms with E-state index in [1.807, 2.05) is 11.4 Å². The van der Waals surface area contributed by atoms with Crippen molar-refractivity contribution in [2.45, 2.75) is 18.2 Å². The van der Waals surface area contributed by atoms with Crippen LogP contribution in [-0.2, 0) is 0 Å². The molecule has 2 rings (SSSR count). The molecule has 1 aromatic rings. The van der Waals surface area contributed by atoms with Crippen LogP contribution >= 0.6 is 23.1 Å². The third-order valence-electron chi connectivity index (χ3n) is 1.84. The molecule has 1 aliphatic rings. The summed E-state index contributed by atoms with van der Waals surface area (Å²) in [6.07, 6.45) is 4.25. The van der Waals surface area contributed by atoms with Gasteiger partial charge in [0.2, 0.25) is 0 Å². The molecule has 1 unspecified atom stereocenters. The van der Waals surface area contributed by atoms with Crippen LogP contribution in [0.15, 0.2) is 17.5 Å². The zero-order chi connectivity index (χ0) is 7.68. The molecule has 1 heterocycles. The van der Waals surface area contributed by atoms with E-state index in [2.05, 4.69) is 10.4 Å². The zero-order valence-corrected chi connectivity index (χ0v) is 7.53. The summed E-state index contributed by atoms with van der Waals surface area (Å²) in [4.78, 5) is 0. The predicted molar refractivity (Wildman–Crippen MR) is 49.0 cm³/mol. The molecule has 0 saturated heterocycles. The van der Waals surface area contributed by atoms with Gasteiger partial charge in [-0.05, 0) is 36.0 Å². The minimum Gasteiger partial charge on any atom is -0.193 e. The van der Waals surface area contributed by atoms with Gasteiger partial charge in [0.1, 0.15) is 0 Å². The lowest BCUT2D eigenvalue weighted by Crippen LogP contribution is -1.81. The van der Waals surface area contributed by atoms with Crippen molar-refractivity contribution in [1.29, 1.82) is 0 Å². The highest BCUT2D eigenvalue weighted by atomic mass is 35.5. The van der Waals surface area contributed by atoms with E-state index in [0.29, 0.717) is 0 Å². The van der Waals surface area contributed by atoms with E-state index in [4.69, 9.17) is 11.6 Å². The van der Waals surface area contributed by atoms with Crippen molar-refractivity contribution in [2.75, 3.05) is 0 Å². The Morgan fingerprint density at radius 2 is 2.55 bits per heavy atom. The number of nitrogens with zero attached hydrogens (tertiary/aromatic N) is 1. The Morgan fingerprint density at radius 1 is 1.64 bits per heavy atom. The Kier molecular flexibility index (Phi) is 1.96. The fourth-order valence-electron chi connectivity index (χ4n) is 1.27. The number of hydrogen-bond acceptors (Lipinski definition) is 2. The topological polar surface area (TPSA) is 12.9 Å². The molecule has 1 aliphatic carbocycles. The van der Waals surface area contributed by atoms with Gasteiger partial charge in [0.15, 0.2) is 0 Å². The van der Waals surface area contributed by atoms with E-state index < -0.39 is 0 Å². The standard InChI is InChI=1S/C8H8ClNS/c9-7-2-1-6(5-7)8-3-4-11-10-8/h3-5,7H,1-2H2. The fraction of sp³-hybridized carbons (Fsp3) is 0.375. The van der Waals surface area contributed by atoms with Gasteiger partial charge in [0.05, 0.1) is 11.1 Å². The summed E-state index contributed by atoms with van der Waals surface area (Å²) >= 11 is 7.42. The molecule has 0 amide bonds. The summed E-state index contributed by atoms with van der Waals surface area (Å²) in [5.41, 5.74) is 2.42. The normalized spacial score (nSPS) is 23.7. The van der Waals surface area contributed by atoms with Crippen molar-refractivity contribution in [3.63, 3.8) is 0 Å². The summed E-state index contributed by atoms with van der Waals surface area (Å²) in [5, 5.41) is 2.23. The first kappa shape index (κ1) is 7.32. The van der Waals surface area contributed by atoms with Crippen LogP contribution in [0.1, 0.15) is 18.5 Å². The minimum atomic E-state index is 0.228. The molecule has 0 N–H and O–H groups in total. The Morgan fingerprint density at radius 3 is 3.09 bits per heavy atom. The van der Waals surface area contributed by atoms with Gasteiger partial charge < -0.3 is 0 Å². The van der Waals surface area contributed by atoms with Gasteiger partial charge >= 0.3 is 0 Å². The monoisotopic (exact) mass is 185 g/mol. The van der Waals surface area contributed by atoms with E-state index in [-0.39, 0.29) is 5.38 Å². The average Bonchev–Trinajstić information content (AvgIpc) is 2.55. The van der Waals surface area contributed by atoms with E-state index in [1.54, 1.807) is 0 Å². The largest absolute Gasteiger partial charge is 0.193 e. The molecule has 1 nitrogen and oxygen atoms in total. The molecule has 0 radical (unpaired) electrons. The van der Waals surface area contributed by atoms with E-state index in [9.17, 15) is 0 Å². The molecule has 11 heavy (non-hydrogen) atoms. The van der Waals surface area contributed by atoms with Gasteiger partial charge in [-0.2, -0.15) is 4.37 Å². The lowest BCUT2D eigenvalue weighted by atomic mass is 10.2. The maximum atomic E-state index is 5.92. The molecule has 1 atom stereocenters. The Hall–Kier alpha value is -0.340. The van der Waals surface area contributed by atoms with Crippen molar-refractivity contribution in [2.24, 2.45) is 0 Å². The number of alkyl halides is 1. The smallest absolute Gasteiger partial charge is 0.0797 e. The van der Waals surface area contributed by atoms with Crippen molar-refractivity contribution >= 4 is 28.7 Å². The zero-order valence-electron chi connectivity index (χ0n) is 5.96. The van der Waals surface area contributed by atoms with Gasteiger partial charge in [0.25, 0.3) is 0 Å². The first-order valence-electron chi connectivity index (χ1n) is 3.62. The van der Waals surface area contributed by atoms with Gasteiger partial charge in [-0.3, -0.25) is 0 Å². The molecular weight excluding hydrogens is 178 g/mol. The molecule has 0 saturated carbocycles. The summed E-state index contributed by atoms with van der Waals surface area (Å²) in [5.74, 6) is 0. The molecule has 0 aromatic carbocycles. The first-order valence-corrected chi connectivity index (χ1v) is 4.89. The Balaban J connectivity index is 2.25. The molecule has 58 valence electrons. The summed E-state index contributed by atoms with van der Waals surface area (Å²) < 4.78 is 4.25. The van der Waals surface area contributed by atoms with Crippen LogP contribution in [0.3, 0.4) is 0 Å². The van der Waals surface area contributed by atoms with E-state index in [1.165, 1.54) is 17.1 Å². The SMILES string of the molecule is ClC1C=C(c2ccsn2)CC1. The Labute approximate surface area is 74.9 Å². The number of aromatic nitrogens is 1. The van der Waals surface area contributed by atoms with Crippen molar-refractivity contribution in [1.82, 2.24) is 4.37 Å².